The van der Waals surface area contributed by atoms with Crippen molar-refractivity contribution in [3.8, 4) is 0 Å². The van der Waals surface area contributed by atoms with Gasteiger partial charge in [-0.3, -0.25) is 14.4 Å². The molecule has 1 aromatic carbocycles. The van der Waals surface area contributed by atoms with Crippen molar-refractivity contribution >= 4 is 34.6 Å². The number of aliphatic carboxylic acids is 1. The fourth-order valence-electron chi connectivity index (χ4n) is 3.99. The number of para-hydroxylation sites is 1. The third-order valence-corrected chi connectivity index (χ3v) is 5.82. The van der Waals surface area contributed by atoms with Crippen LogP contribution in [-0.4, -0.2) is 81.1 Å². The van der Waals surface area contributed by atoms with Gasteiger partial charge in [-0.25, -0.2) is 4.79 Å². The molecule has 4 unspecified atom stereocenters. The van der Waals surface area contributed by atoms with Gasteiger partial charge in [-0.05, 0) is 37.8 Å². The highest BCUT2D eigenvalue weighted by atomic mass is 16.4. The highest BCUT2D eigenvalue weighted by molar-refractivity contribution is 5.94. The predicted molar refractivity (Wildman–Crippen MR) is 119 cm³/mol. The lowest BCUT2D eigenvalue weighted by molar-refractivity contribution is -0.150. The molecule has 0 spiro atoms. The maximum absolute atomic E-state index is 12.6. The molecule has 1 aliphatic rings. The van der Waals surface area contributed by atoms with E-state index >= 15 is 0 Å². The number of nitrogens with zero attached hydrogens (tertiary/aromatic N) is 1. The minimum Gasteiger partial charge on any atom is -0.480 e. The molecule has 11 heteroatoms. The summed E-state index contributed by atoms with van der Waals surface area (Å²) in [5.41, 5.74) is 7.83. The SMILES string of the molecule is CC(NC(=O)C(N)Cc1c[nH]c2ccccc12)C(=O)NC(CO)C(=O)N1CCCC1C(=O)O. The molecule has 1 saturated heterocycles. The highest BCUT2D eigenvalue weighted by Crippen LogP contribution is 2.19. The maximum Gasteiger partial charge on any atom is 0.326 e. The number of likely N-dealkylation sites (tertiary alicyclic amines) is 1. The lowest BCUT2D eigenvalue weighted by Crippen LogP contribution is -2.57. The Bertz CT molecular complexity index is 1040. The summed E-state index contributed by atoms with van der Waals surface area (Å²) in [4.78, 5) is 53.3. The molecule has 1 aromatic heterocycles. The van der Waals surface area contributed by atoms with Crippen LogP contribution < -0.4 is 16.4 Å². The van der Waals surface area contributed by atoms with Crippen LogP contribution in [0.4, 0.5) is 0 Å². The minimum absolute atomic E-state index is 0.233. The van der Waals surface area contributed by atoms with Gasteiger partial charge in [0, 0.05) is 23.6 Å². The van der Waals surface area contributed by atoms with Gasteiger partial charge < -0.3 is 36.5 Å². The number of aromatic nitrogens is 1. The van der Waals surface area contributed by atoms with Gasteiger partial charge in [-0.2, -0.15) is 0 Å². The topological polar surface area (TPSA) is 178 Å². The Hall–Kier alpha value is -3.44. The Morgan fingerprint density at radius 3 is 2.64 bits per heavy atom. The molecule has 3 amide bonds. The molecular weight excluding hydrogens is 430 g/mol. The molecule has 11 nitrogen and oxygen atoms in total. The normalized spacial score (nSPS) is 18.5. The number of amides is 3. The number of nitrogens with one attached hydrogen (secondary N) is 3. The van der Waals surface area contributed by atoms with Gasteiger partial charge in [-0.15, -0.1) is 0 Å². The molecular formula is C22H29N5O6. The summed E-state index contributed by atoms with van der Waals surface area (Å²) >= 11 is 0. The number of carboxylic acid groups (broad SMARTS) is 1. The molecule has 0 bridgehead atoms. The number of rotatable bonds is 9. The van der Waals surface area contributed by atoms with Gasteiger partial charge in [0.15, 0.2) is 0 Å². The standard InChI is InChI=1S/C22H29N5O6/c1-12(19(29)26-17(11-28)21(31)27-8-4-7-18(27)22(32)33)25-20(30)15(23)9-13-10-24-16-6-3-2-5-14(13)16/h2-3,5-6,10,12,15,17-18,24,28H,4,7-9,11,23H2,1H3,(H,25,30)(H,26,29)(H,32,33). The predicted octanol–water partition coefficient (Wildman–Crippen LogP) is -0.905. The van der Waals surface area contributed by atoms with Crippen molar-refractivity contribution < 1.29 is 29.4 Å². The number of nitrogens with two attached hydrogens (primary N) is 1. The average molecular weight is 460 g/mol. The van der Waals surface area contributed by atoms with Gasteiger partial charge >= 0.3 is 5.97 Å². The average Bonchev–Trinajstić information content (AvgIpc) is 3.44. The fraction of sp³-hybridized carbons (Fsp3) is 0.455. The van der Waals surface area contributed by atoms with E-state index < -0.39 is 54.5 Å². The zero-order chi connectivity index (χ0) is 24.1. The first kappa shape index (κ1) is 24.2. The molecule has 2 aromatic rings. The maximum atomic E-state index is 12.6. The molecule has 0 aliphatic carbocycles. The van der Waals surface area contributed by atoms with E-state index in [4.69, 9.17) is 5.73 Å². The van der Waals surface area contributed by atoms with Crippen LogP contribution >= 0.6 is 0 Å². The third-order valence-electron chi connectivity index (χ3n) is 5.82. The first-order valence-corrected chi connectivity index (χ1v) is 10.8. The first-order chi connectivity index (χ1) is 15.7. The number of aliphatic hydroxyl groups excluding tert-OH is 1. The Labute approximate surface area is 190 Å². The summed E-state index contributed by atoms with van der Waals surface area (Å²) in [5, 5.41) is 24.7. The quantitative estimate of drug-likeness (QED) is 0.281. The van der Waals surface area contributed by atoms with Crippen LogP contribution in [0.25, 0.3) is 10.9 Å². The van der Waals surface area contributed by atoms with Gasteiger partial charge in [-0.1, -0.05) is 18.2 Å². The van der Waals surface area contributed by atoms with E-state index in [-0.39, 0.29) is 13.0 Å². The molecule has 0 radical (unpaired) electrons. The number of carbonyl (C=O) groups is 4. The van der Waals surface area contributed by atoms with E-state index in [0.717, 1.165) is 21.4 Å². The molecule has 0 saturated carbocycles. The summed E-state index contributed by atoms with van der Waals surface area (Å²) < 4.78 is 0. The zero-order valence-electron chi connectivity index (χ0n) is 18.3. The second-order valence-corrected chi connectivity index (χ2v) is 8.17. The number of H-pyrrole nitrogens is 1. The van der Waals surface area contributed by atoms with E-state index in [1.54, 1.807) is 6.20 Å². The molecule has 33 heavy (non-hydrogen) atoms. The number of fused-ring (bicyclic) bond motifs is 1. The summed E-state index contributed by atoms with van der Waals surface area (Å²) in [6, 6.07) is 3.39. The molecule has 1 aliphatic heterocycles. The number of carboxylic acids is 1. The van der Waals surface area contributed by atoms with Crippen molar-refractivity contribution in [1.29, 1.82) is 0 Å². The van der Waals surface area contributed by atoms with Gasteiger partial charge in [0.05, 0.1) is 12.6 Å². The summed E-state index contributed by atoms with van der Waals surface area (Å²) in [7, 11) is 0. The third kappa shape index (κ3) is 5.49. The molecule has 178 valence electrons. The summed E-state index contributed by atoms with van der Waals surface area (Å²) in [6.07, 6.45) is 2.88. The van der Waals surface area contributed by atoms with Crippen LogP contribution in [0.5, 0.6) is 0 Å². The highest BCUT2D eigenvalue weighted by Gasteiger charge is 2.37. The number of hydrogen-bond donors (Lipinski definition) is 6. The number of carbonyl (C=O) groups excluding carboxylic acids is 3. The van der Waals surface area contributed by atoms with Crippen LogP contribution in [0, 0.1) is 0 Å². The van der Waals surface area contributed by atoms with Crippen LogP contribution in [0.1, 0.15) is 25.3 Å². The van der Waals surface area contributed by atoms with E-state index in [1.807, 2.05) is 24.3 Å². The van der Waals surface area contributed by atoms with Crippen molar-refractivity contribution in [2.75, 3.05) is 13.2 Å². The number of aromatic amines is 1. The second kappa shape index (κ2) is 10.5. The van der Waals surface area contributed by atoms with Crippen molar-refractivity contribution in [3.63, 3.8) is 0 Å². The van der Waals surface area contributed by atoms with Gasteiger partial charge in [0.2, 0.25) is 17.7 Å². The monoisotopic (exact) mass is 459 g/mol. The van der Waals surface area contributed by atoms with Gasteiger partial charge in [0.1, 0.15) is 18.1 Å². The van der Waals surface area contributed by atoms with E-state index in [0.29, 0.717) is 12.8 Å². The summed E-state index contributed by atoms with van der Waals surface area (Å²) in [5.74, 6) is -3.04. The van der Waals surface area contributed by atoms with Crippen LogP contribution in [0.2, 0.25) is 0 Å². The number of benzene rings is 1. The minimum atomic E-state index is -1.31. The molecule has 1 fully saturated rings. The van der Waals surface area contributed by atoms with Crippen molar-refractivity contribution in [3.05, 3.63) is 36.0 Å². The van der Waals surface area contributed by atoms with Gasteiger partial charge in [0.25, 0.3) is 0 Å². The van der Waals surface area contributed by atoms with Crippen LogP contribution in [0.15, 0.2) is 30.5 Å². The van der Waals surface area contributed by atoms with Crippen molar-refractivity contribution in [1.82, 2.24) is 20.5 Å². The molecule has 3 rings (SSSR count). The van der Waals surface area contributed by atoms with E-state index in [1.165, 1.54) is 6.92 Å². The Kier molecular flexibility index (Phi) is 7.67. The second-order valence-electron chi connectivity index (χ2n) is 8.17. The molecule has 2 heterocycles. The lowest BCUT2D eigenvalue weighted by Gasteiger charge is -2.27. The van der Waals surface area contributed by atoms with Crippen molar-refractivity contribution in [2.45, 2.75) is 50.4 Å². The Balaban J connectivity index is 1.55. The van der Waals surface area contributed by atoms with Crippen LogP contribution in [-0.2, 0) is 25.6 Å². The summed E-state index contributed by atoms with van der Waals surface area (Å²) in [6.45, 7) is 0.964. The van der Waals surface area contributed by atoms with E-state index in [9.17, 15) is 29.4 Å². The fourth-order valence-corrected chi connectivity index (χ4v) is 3.99. The smallest absolute Gasteiger partial charge is 0.326 e. The lowest BCUT2D eigenvalue weighted by atomic mass is 10.0. The van der Waals surface area contributed by atoms with Crippen molar-refractivity contribution in [2.24, 2.45) is 5.73 Å². The number of hydrogen-bond acceptors (Lipinski definition) is 6. The first-order valence-electron chi connectivity index (χ1n) is 10.8. The Morgan fingerprint density at radius 1 is 1.21 bits per heavy atom. The molecule has 4 atom stereocenters. The zero-order valence-corrected chi connectivity index (χ0v) is 18.3. The number of aliphatic hydroxyl groups is 1. The van der Waals surface area contributed by atoms with Crippen LogP contribution in [0.3, 0.4) is 0 Å². The molecule has 7 N–H and O–H groups in total. The largest absolute Gasteiger partial charge is 0.480 e. The Morgan fingerprint density at radius 2 is 1.94 bits per heavy atom. The van der Waals surface area contributed by atoms with E-state index in [2.05, 4.69) is 15.6 Å².